The van der Waals surface area contributed by atoms with E-state index in [1.165, 1.54) is 16.5 Å². The molecular formula is C11H12N2. The van der Waals surface area contributed by atoms with E-state index in [2.05, 4.69) is 23.2 Å². The van der Waals surface area contributed by atoms with E-state index < -0.39 is 0 Å². The summed E-state index contributed by atoms with van der Waals surface area (Å²) in [7, 11) is 0. The summed E-state index contributed by atoms with van der Waals surface area (Å²) in [5.41, 5.74) is 7.76. The zero-order chi connectivity index (χ0) is 9.10. The van der Waals surface area contributed by atoms with Crippen molar-refractivity contribution in [3.05, 3.63) is 42.1 Å². The minimum atomic E-state index is 0.580. The van der Waals surface area contributed by atoms with Crippen molar-refractivity contribution in [3.63, 3.8) is 0 Å². The van der Waals surface area contributed by atoms with E-state index in [1.54, 1.807) is 0 Å². The van der Waals surface area contributed by atoms with Crippen LogP contribution in [0.3, 0.4) is 0 Å². The number of aromatic amines is 1. The lowest BCUT2D eigenvalue weighted by Crippen LogP contribution is -1.91. The van der Waals surface area contributed by atoms with Gasteiger partial charge in [-0.1, -0.05) is 30.4 Å². The molecule has 0 aliphatic rings. The Morgan fingerprint density at radius 1 is 1.31 bits per heavy atom. The number of fused-ring (bicyclic) bond motifs is 1. The number of para-hydroxylation sites is 1. The largest absolute Gasteiger partial charge is 0.361 e. The molecule has 2 rings (SSSR count). The van der Waals surface area contributed by atoms with Crippen LogP contribution in [-0.2, 0) is 0 Å². The first-order valence-corrected chi connectivity index (χ1v) is 4.34. The first-order chi connectivity index (χ1) is 6.42. The van der Waals surface area contributed by atoms with Crippen LogP contribution in [0.25, 0.3) is 17.0 Å². The molecule has 0 bridgehead atoms. The van der Waals surface area contributed by atoms with Crippen LogP contribution in [0.15, 0.2) is 36.5 Å². The summed E-state index contributed by atoms with van der Waals surface area (Å²) < 4.78 is 0. The van der Waals surface area contributed by atoms with Crippen LogP contribution in [0, 0.1) is 0 Å². The summed E-state index contributed by atoms with van der Waals surface area (Å²) in [6, 6.07) is 8.28. The minimum Gasteiger partial charge on any atom is -0.361 e. The van der Waals surface area contributed by atoms with E-state index in [-0.39, 0.29) is 0 Å². The lowest BCUT2D eigenvalue weighted by molar-refractivity contribution is 1.26. The van der Waals surface area contributed by atoms with Crippen molar-refractivity contribution >= 4 is 17.0 Å². The Labute approximate surface area is 77.1 Å². The van der Waals surface area contributed by atoms with Gasteiger partial charge in [0.05, 0.1) is 5.52 Å². The van der Waals surface area contributed by atoms with Crippen molar-refractivity contribution in [3.8, 4) is 0 Å². The van der Waals surface area contributed by atoms with E-state index in [0.29, 0.717) is 6.54 Å². The van der Waals surface area contributed by atoms with Gasteiger partial charge in [-0.25, -0.2) is 0 Å². The Morgan fingerprint density at radius 3 is 3.08 bits per heavy atom. The summed E-state index contributed by atoms with van der Waals surface area (Å²) in [6.45, 7) is 0.580. The van der Waals surface area contributed by atoms with Crippen LogP contribution in [0.4, 0.5) is 0 Å². The third-order valence-electron chi connectivity index (χ3n) is 2.05. The Balaban J connectivity index is 2.54. The monoisotopic (exact) mass is 172 g/mol. The third-order valence-corrected chi connectivity index (χ3v) is 2.05. The Kier molecular flexibility index (Phi) is 2.15. The average molecular weight is 172 g/mol. The smallest absolute Gasteiger partial charge is 0.0527 e. The second-order valence-corrected chi connectivity index (χ2v) is 2.93. The van der Waals surface area contributed by atoms with E-state index in [0.717, 1.165) is 0 Å². The number of nitrogens with two attached hydrogens (primary N) is 1. The number of benzene rings is 1. The van der Waals surface area contributed by atoms with Crippen molar-refractivity contribution in [2.45, 2.75) is 0 Å². The molecule has 0 aliphatic heterocycles. The molecule has 0 fully saturated rings. The van der Waals surface area contributed by atoms with Gasteiger partial charge < -0.3 is 10.7 Å². The standard InChI is InChI=1S/C11H12N2/c12-7-2-5-9-3-1-4-10-6-8-13-11(9)10/h1-6,8,13H,7,12H2. The number of rotatable bonds is 2. The molecule has 3 N–H and O–H groups in total. The van der Waals surface area contributed by atoms with Gasteiger partial charge >= 0.3 is 0 Å². The van der Waals surface area contributed by atoms with Crippen molar-refractivity contribution in [2.75, 3.05) is 6.54 Å². The van der Waals surface area contributed by atoms with Crippen LogP contribution in [0.2, 0.25) is 0 Å². The molecular weight excluding hydrogens is 160 g/mol. The first kappa shape index (κ1) is 8.08. The Morgan fingerprint density at radius 2 is 2.23 bits per heavy atom. The maximum Gasteiger partial charge on any atom is 0.0527 e. The summed E-state index contributed by atoms with van der Waals surface area (Å²) in [5.74, 6) is 0. The minimum absolute atomic E-state index is 0.580. The predicted octanol–water partition coefficient (Wildman–Crippen LogP) is 2.14. The summed E-state index contributed by atoms with van der Waals surface area (Å²) in [5, 5.41) is 1.24. The molecule has 0 spiro atoms. The fraction of sp³-hybridized carbons (Fsp3) is 0.0909. The predicted molar refractivity (Wildman–Crippen MR) is 56.4 cm³/mol. The molecule has 1 heterocycles. The second kappa shape index (κ2) is 3.46. The number of H-pyrrole nitrogens is 1. The fourth-order valence-electron chi connectivity index (χ4n) is 1.44. The lowest BCUT2D eigenvalue weighted by Gasteiger charge is -1.95. The van der Waals surface area contributed by atoms with Crippen LogP contribution < -0.4 is 5.73 Å². The van der Waals surface area contributed by atoms with Gasteiger partial charge in [0.2, 0.25) is 0 Å². The molecule has 2 aromatic rings. The van der Waals surface area contributed by atoms with Crippen LogP contribution in [0.1, 0.15) is 5.56 Å². The molecule has 0 saturated heterocycles. The molecule has 0 radical (unpaired) electrons. The fourth-order valence-corrected chi connectivity index (χ4v) is 1.44. The van der Waals surface area contributed by atoms with E-state index in [4.69, 9.17) is 5.73 Å². The van der Waals surface area contributed by atoms with Crippen molar-refractivity contribution < 1.29 is 0 Å². The molecule has 2 nitrogen and oxygen atoms in total. The van der Waals surface area contributed by atoms with Crippen molar-refractivity contribution in [1.82, 2.24) is 4.98 Å². The second-order valence-electron chi connectivity index (χ2n) is 2.93. The van der Waals surface area contributed by atoms with Crippen LogP contribution >= 0.6 is 0 Å². The summed E-state index contributed by atoms with van der Waals surface area (Å²) >= 11 is 0. The molecule has 2 heteroatoms. The van der Waals surface area contributed by atoms with Crippen LogP contribution in [-0.4, -0.2) is 11.5 Å². The van der Waals surface area contributed by atoms with E-state index in [1.807, 2.05) is 24.4 Å². The van der Waals surface area contributed by atoms with Gasteiger partial charge in [0.15, 0.2) is 0 Å². The third kappa shape index (κ3) is 1.48. The van der Waals surface area contributed by atoms with Crippen molar-refractivity contribution in [1.29, 1.82) is 0 Å². The molecule has 1 aromatic carbocycles. The topological polar surface area (TPSA) is 41.8 Å². The molecule has 0 amide bonds. The van der Waals surface area contributed by atoms with Crippen LogP contribution in [0.5, 0.6) is 0 Å². The molecule has 1 aromatic heterocycles. The Hall–Kier alpha value is -1.54. The quantitative estimate of drug-likeness (QED) is 0.716. The first-order valence-electron chi connectivity index (χ1n) is 4.34. The highest BCUT2D eigenvalue weighted by Crippen LogP contribution is 2.17. The number of hydrogen-bond donors (Lipinski definition) is 2. The maximum absolute atomic E-state index is 5.40. The molecule has 0 atom stereocenters. The Bertz CT molecular complexity index is 426. The number of nitrogens with one attached hydrogen (secondary N) is 1. The van der Waals surface area contributed by atoms with E-state index in [9.17, 15) is 0 Å². The van der Waals surface area contributed by atoms with Gasteiger partial charge in [0, 0.05) is 12.7 Å². The highest BCUT2D eigenvalue weighted by Gasteiger charge is 1.96. The highest BCUT2D eigenvalue weighted by atomic mass is 14.7. The van der Waals surface area contributed by atoms with Gasteiger partial charge in [-0.3, -0.25) is 0 Å². The molecule has 13 heavy (non-hydrogen) atoms. The zero-order valence-electron chi connectivity index (χ0n) is 7.33. The van der Waals surface area contributed by atoms with Crippen molar-refractivity contribution in [2.24, 2.45) is 5.73 Å². The molecule has 0 saturated carbocycles. The summed E-state index contributed by atoms with van der Waals surface area (Å²) in [4.78, 5) is 3.20. The normalized spacial score (nSPS) is 11.5. The average Bonchev–Trinajstić information content (AvgIpc) is 2.62. The highest BCUT2D eigenvalue weighted by molar-refractivity contribution is 5.87. The SMILES string of the molecule is NCC=Cc1cccc2cc[nH]c12. The maximum atomic E-state index is 5.40. The molecule has 66 valence electrons. The van der Waals surface area contributed by atoms with Gasteiger partial charge in [0.1, 0.15) is 0 Å². The number of hydrogen-bond acceptors (Lipinski definition) is 1. The number of aromatic nitrogens is 1. The van der Waals surface area contributed by atoms with Gasteiger partial charge in [-0.15, -0.1) is 0 Å². The molecule has 0 unspecified atom stereocenters. The van der Waals surface area contributed by atoms with Gasteiger partial charge in [-0.05, 0) is 17.0 Å². The van der Waals surface area contributed by atoms with Gasteiger partial charge in [0.25, 0.3) is 0 Å². The van der Waals surface area contributed by atoms with E-state index >= 15 is 0 Å². The zero-order valence-corrected chi connectivity index (χ0v) is 7.33. The lowest BCUT2D eigenvalue weighted by atomic mass is 10.1. The van der Waals surface area contributed by atoms with Gasteiger partial charge in [-0.2, -0.15) is 0 Å². The summed E-state index contributed by atoms with van der Waals surface area (Å²) in [6.07, 6.45) is 5.94. The molecule has 0 aliphatic carbocycles.